The molecule has 1 aromatic carbocycles. The van der Waals surface area contributed by atoms with Crippen LogP contribution in [0.15, 0.2) is 59.1 Å². The molecular formula is C18H18N4O. The van der Waals surface area contributed by atoms with Crippen molar-refractivity contribution in [3.8, 4) is 11.5 Å². The second-order valence-corrected chi connectivity index (χ2v) is 5.85. The highest BCUT2D eigenvalue weighted by molar-refractivity contribution is 5.51. The van der Waals surface area contributed by atoms with Crippen LogP contribution in [0.5, 0.6) is 0 Å². The fourth-order valence-corrected chi connectivity index (χ4v) is 3.00. The highest BCUT2D eigenvalue weighted by Gasteiger charge is 2.28. The molecule has 0 spiro atoms. The minimum absolute atomic E-state index is 0.309. The van der Waals surface area contributed by atoms with Crippen LogP contribution in [0, 0.1) is 0 Å². The average molecular weight is 306 g/mol. The van der Waals surface area contributed by atoms with E-state index in [2.05, 4.69) is 26.1 Å². The zero-order valence-electron chi connectivity index (χ0n) is 12.8. The zero-order valence-corrected chi connectivity index (χ0v) is 12.8. The molecule has 2 aromatic heterocycles. The van der Waals surface area contributed by atoms with Gasteiger partial charge in [0.15, 0.2) is 0 Å². The fraction of sp³-hybridized carbons (Fsp3) is 0.278. The molecule has 0 saturated carbocycles. The SMILES string of the molecule is c1ccc(-c2nnc(C3CCN(Cc4ccccn4)C3)o2)cc1. The van der Waals surface area contributed by atoms with Crippen molar-refractivity contribution in [3.63, 3.8) is 0 Å². The van der Waals surface area contributed by atoms with Crippen LogP contribution in [0.4, 0.5) is 0 Å². The topological polar surface area (TPSA) is 55.1 Å². The van der Waals surface area contributed by atoms with E-state index in [4.69, 9.17) is 4.42 Å². The molecule has 5 nitrogen and oxygen atoms in total. The minimum Gasteiger partial charge on any atom is -0.420 e. The van der Waals surface area contributed by atoms with Gasteiger partial charge in [-0.2, -0.15) is 0 Å². The summed E-state index contributed by atoms with van der Waals surface area (Å²) < 4.78 is 5.89. The molecule has 1 fully saturated rings. The summed E-state index contributed by atoms with van der Waals surface area (Å²) in [6.07, 6.45) is 2.89. The number of rotatable bonds is 4. The Balaban J connectivity index is 1.43. The fourth-order valence-electron chi connectivity index (χ4n) is 3.00. The maximum atomic E-state index is 5.89. The lowest BCUT2D eigenvalue weighted by Crippen LogP contribution is -2.20. The van der Waals surface area contributed by atoms with Crippen LogP contribution in [-0.2, 0) is 6.54 Å². The largest absolute Gasteiger partial charge is 0.420 e. The summed E-state index contributed by atoms with van der Waals surface area (Å²) in [6.45, 7) is 2.84. The van der Waals surface area contributed by atoms with E-state index in [1.165, 1.54) is 0 Å². The van der Waals surface area contributed by atoms with Gasteiger partial charge in [0, 0.05) is 24.8 Å². The van der Waals surface area contributed by atoms with Gasteiger partial charge in [-0.1, -0.05) is 24.3 Å². The number of aromatic nitrogens is 3. The van der Waals surface area contributed by atoms with Crippen LogP contribution in [-0.4, -0.2) is 33.2 Å². The quantitative estimate of drug-likeness (QED) is 0.741. The van der Waals surface area contributed by atoms with E-state index in [1.807, 2.05) is 48.7 Å². The van der Waals surface area contributed by atoms with Crippen molar-refractivity contribution in [1.82, 2.24) is 20.1 Å². The van der Waals surface area contributed by atoms with Gasteiger partial charge in [0.05, 0.1) is 11.6 Å². The molecule has 4 rings (SSSR count). The minimum atomic E-state index is 0.309. The Labute approximate surface area is 135 Å². The summed E-state index contributed by atoms with van der Waals surface area (Å²) in [7, 11) is 0. The van der Waals surface area contributed by atoms with Gasteiger partial charge in [0.1, 0.15) is 0 Å². The van der Waals surface area contributed by atoms with E-state index < -0.39 is 0 Å². The van der Waals surface area contributed by atoms with Gasteiger partial charge >= 0.3 is 0 Å². The third-order valence-corrected chi connectivity index (χ3v) is 4.19. The molecule has 1 atom stereocenters. The Morgan fingerprint density at radius 1 is 1.04 bits per heavy atom. The molecule has 0 bridgehead atoms. The number of pyridine rings is 1. The molecule has 1 aliphatic heterocycles. The van der Waals surface area contributed by atoms with Gasteiger partial charge in [-0.3, -0.25) is 9.88 Å². The summed E-state index contributed by atoms with van der Waals surface area (Å²) in [6, 6.07) is 15.9. The van der Waals surface area contributed by atoms with Crippen LogP contribution in [0.1, 0.15) is 23.9 Å². The van der Waals surface area contributed by atoms with Crippen molar-refractivity contribution in [2.24, 2.45) is 0 Å². The standard InChI is InChI=1S/C18H18N4O/c1-2-6-14(7-3-1)17-20-21-18(23-17)15-9-11-22(12-15)13-16-8-4-5-10-19-16/h1-8,10,15H,9,11-13H2. The predicted octanol–water partition coefficient (Wildman–Crippen LogP) is 3.12. The Kier molecular flexibility index (Phi) is 3.86. The van der Waals surface area contributed by atoms with Crippen LogP contribution in [0.3, 0.4) is 0 Å². The van der Waals surface area contributed by atoms with Gasteiger partial charge in [0.2, 0.25) is 11.8 Å². The van der Waals surface area contributed by atoms with Gasteiger partial charge in [-0.15, -0.1) is 10.2 Å². The van der Waals surface area contributed by atoms with Gasteiger partial charge in [-0.05, 0) is 37.2 Å². The van der Waals surface area contributed by atoms with Crippen molar-refractivity contribution in [3.05, 3.63) is 66.3 Å². The monoisotopic (exact) mass is 306 g/mol. The van der Waals surface area contributed by atoms with Crippen molar-refractivity contribution in [1.29, 1.82) is 0 Å². The smallest absolute Gasteiger partial charge is 0.247 e. The summed E-state index contributed by atoms with van der Waals surface area (Å²) in [5.74, 6) is 1.65. The van der Waals surface area contributed by atoms with Gasteiger partial charge < -0.3 is 4.42 Å². The van der Waals surface area contributed by atoms with Crippen LogP contribution in [0.25, 0.3) is 11.5 Å². The van der Waals surface area contributed by atoms with E-state index in [0.717, 1.165) is 43.2 Å². The summed E-state index contributed by atoms with van der Waals surface area (Å²) in [4.78, 5) is 6.78. The summed E-state index contributed by atoms with van der Waals surface area (Å²) in [5.41, 5.74) is 2.07. The number of likely N-dealkylation sites (tertiary alicyclic amines) is 1. The molecule has 116 valence electrons. The molecule has 1 unspecified atom stereocenters. The number of benzene rings is 1. The molecule has 3 aromatic rings. The first-order valence-electron chi connectivity index (χ1n) is 7.89. The van der Waals surface area contributed by atoms with Crippen LogP contribution < -0.4 is 0 Å². The van der Waals surface area contributed by atoms with E-state index in [0.29, 0.717) is 11.8 Å². The lowest BCUT2D eigenvalue weighted by atomic mass is 10.1. The van der Waals surface area contributed by atoms with Crippen LogP contribution >= 0.6 is 0 Å². The van der Waals surface area contributed by atoms with E-state index in [1.54, 1.807) is 0 Å². The predicted molar refractivity (Wildman–Crippen MR) is 86.6 cm³/mol. The van der Waals surface area contributed by atoms with Gasteiger partial charge in [-0.25, -0.2) is 0 Å². The summed E-state index contributed by atoms with van der Waals surface area (Å²) >= 11 is 0. The first-order chi connectivity index (χ1) is 11.4. The molecule has 0 N–H and O–H groups in total. The maximum Gasteiger partial charge on any atom is 0.247 e. The first kappa shape index (κ1) is 14.1. The van der Waals surface area contributed by atoms with E-state index in [9.17, 15) is 0 Å². The Morgan fingerprint density at radius 2 is 1.91 bits per heavy atom. The average Bonchev–Trinajstić information content (AvgIpc) is 3.26. The second-order valence-electron chi connectivity index (χ2n) is 5.85. The van der Waals surface area contributed by atoms with Crippen molar-refractivity contribution in [2.75, 3.05) is 13.1 Å². The Bertz CT molecular complexity index is 757. The Hall–Kier alpha value is -2.53. The number of hydrogen-bond donors (Lipinski definition) is 0. The normalized spacial score (nSPS) is 18.3. The molecule has 1 saturated heterocycles. The zero-order chi connectivity index (χ0) is 15.5. The molecule has 0 radical (unpaired) electrons. The molecule has 3 heterocycles. The molecule has 0 amide bonds. The van der Waals surface area contributed by atoms with Gasteiger partial charge in [0.25, 0.3) is 0 Å². The molecule has 0 aliphatic carbocycles. The maximum absolute atomic E-state index is 5.89. The van der Waals surface area contributed by atoms with E-state index in [-0.39, 0.29) is 0 Å². The molecular weight excluding hydrogens is 288 g/mol. The van der Waals surface area contributed by atoms with Crippen molar-refractivity contribution >= 4 is 0 Å². The Morgan fingerprint density at radius 3 is 2.74 bits per heavy atom. The third kappa shape index (κ3) is 3.14. The number of nitrogens with zero attached hydrogens (tertiary/aromatic N) is 4. The van der Waals surface area contributed by atoms with Crippen molar-refractivity contribution in [2.45, 2.75) is 18.9 Å². The lowest BCUT2D eigenvalue weighted by Gasteiger charge is -2.14. The second kappa shape index (κ2) is 6.30. The van der Waals surface area contributed by atoms with Crippen LogP contribution in [0.2, 0.25) is 0 Å². The highest BCUT2D eigenvalue weighted by atomic mass is 16.4. The highest BCUT2D eigenvalue weighted by Crippen LogP contribution is 2.29. The lowest BCUT2D eigenvalue weighted by molar-refractivity contribution is 0.316. The molecule has 1 aliphatic rings. The summed E-state index contributed by atoms with van der Waals surface area (Å²) in [5, 5.41) is 8.45. The third-order valence-electron chi connectivity index (χ3n) is 4.19. The number of hydrogen-bond acceptors (Lipinski definition) is 5. The van der Waals surface area contributed by atoms with E-state index >= 15 is 0 Å². The molecule has 23 heavy (non-hydrogen) atoms. The molecule has 5 heteroatoms. The first-order valence-corrected chi connectivity index (χ1v) is 7.89. The van der Waals surface area contributed by atoms with Crippen molar-refractivity contribution < 1.29 is 4.42 Å².